The smallest absolute Gasteiger partial charge is 0.249 e. The minimum Gasteiger partial charge on any atom is -0.354 e. The fourth-order valence-corrected chi connectivity index (χ4v) is 4.24. The second kappa shape index (κ2) is 11.6. The second-order valence-electron chi connectivity index (χ2n) is 9.14. The van der Waals surface area contributed by atoms with Crippen LogP contribution in [0.15, 0.2) is 73.1 Å². The first-order valence-corrected chi connectivity index (χ1v) is 12.4. The average Bonchev–Trinajstić information content (AvgIpc) is 3.30. The molecule has 2 heterocycles. The van der Waals surface area contributed by atoms with E-state index in [9.17, 15) is 9.59 Å². The molecule has 2 amide bonds. The van der Waals surface area contributed by atoms with Gasteiger partial charge in [0.15, 0.2) is 0 Å². The average molecular weight is 485 g/mol. The highest BCUT2D eigenvalue weighted by molar-refractivity contribution is 6.02. The lowest BCUT2D eigenvalue weighted by atomic mass is 10.0. The monoisotopic (exact) mass is 484 g/mol. The van der Waals surface area contributed by atoms with Gasteiger partial charge >= 0.3 is 0 Å². The van der Waals surface area contributed by atoms with Crippen LogP contribution >= 0.6 is 0 Å². The third-order valence-electron chi connectivity index (χ3n) is 6.16. The number of hydrogen-bond donors (Lipinski definition) is 1. The SMILES string of the molecule is CCc1ccccc1N(C(=O)Cn1nnc2ccccc21)C(C(=O)NCCC(C)C)c1ccncc1. The van der Waals surface area contributed by atoms with Gasteiger partial charge in [-0.15, -0.1) is 5.10 Å². The highest BCUT2D eigenvalue weighted by Crippen LogP contribution is 2.31. The predicted octanol–water partition coefficient (Wildman–Crippen LogP) is 4.33. The molecule has 2 aromatic carbocycles. The summed E-state index contributed by atoms with van der Waals surface area (Å²) < 4.78 is 1.58. The Morgan fingerprint density at radius 3 is 2.47 bits per heavy atom. The maximum absolute atomic E-state index is 14.1. The summed E-state index contributed by atoms with van der Waals surface area (Å²) in [5, 5.41) is 11.5. The van der Waals surface area contributed by atoms with Crippen LogP contribution < -0.4 is 10.2 Å². The van der Waals surface area contributed by atoms with Gasteiger partial charge in [-0.2, -0.15) is 0 Å². The van der Waals surface area contributed by atoms with Crippen LogP contribution in [0, 0.1) is 5.92 Å². The van der Waals surface area contributed by atoms with Gasteiger partial charge in [-0.1, -0.05) is 56.3 Å². The number of benzene rings is 2. The summed E-state index contributed by atoms with van der Waals surface area (Å²) in [4.78, 5) is 33.5. The Hall–Kier alpha value is -4.07. The van der Waals surface area contributed by atoms with Crippen molar-refractivity contribution in [2.75, 3.05) is 11.4 Å². The first kappa shape index (κ1) is 25.0. The molecule has 0 spiro atoms. The van der Waals surface area contributed by atoms with Crippen molar-refractivity contribution < 1.29 is 9.59 Å². The highest BCUT2D eigenvalue weighted by atomic mass is 16.2. The second-order valence-corrected chi connectivity index (χ2v) is 9.14. The quantitative estimate of drug-likeness (QED) is 0.362. The Morgan fingerprint density at radius 1 is 1.00 bits per heavy atom. The molecule has 0 fully saturated rings. The van der Waals surface area contributed by atoms with Crippen molar-refractivity contribution in [3.8, 4) is 0 Å². The number of amides is 2. The number of carbonyl (C=O) groups is 2. The van der Waals surface area contributed by atoms with Crippen LogP contribution in [0.3, 0.4) is 0 Å². The standard InChI is InChI=1S/C28H32N6O2/c1-4-21-9-5-7-11-24(21)34(26(35)19-33-25-12-8-6-10-23(25)31-32-33)27(22-14-16-29-17-15-22)28(36)30-18-13-20(2)3/h5-12,14-17,20,27H,4,13,18-19H2,1-3H3,(H,30,36). The Labute approximate surface area is 211 Å². The van der Waals surface area contributed by atoms with E-state index >= 15 is 0 Å². The van der Waals surface area contributed by atoms with Crippen molar-refractivity contribution in [2.45, 2.75) is 46.2 Å². The summed E-state index contributed by atoms with van der Waals surface area (Å²) in [5.41, 5.74) is 3.84. The topological polar surface area (TPSA) is 93.0 Å². The Morgan fingerprint density at radius 2 is 1.72 bits per heavy atom. The number of pyridine rings is 1. The zero-order valence-corrected chi connectivity index (χ0v) is 21.0. The van der Waals surface area contributed by atoms with Gasteiger partial charge in [-0.05, 0) is 60.2 Å². The summed E-state index contributed by atoms with van der Waals surface area (Å²) in [6, 6.07) is 17.9. The van der Waals surface area contributed by atoms with Gasteiger partial charge in [-0.3, -0.25) is 19.5 Å². The summed E-state index contributed by atoms with van der Waals surface area (Å²) in [5.74, 6) is -0.0410. The maximum atomic E-state index is 14.1. The van der Waals surface area contributed by atoms with Crippen molar-refractivity contribution in [1.29, 1.82) is 0 Å². The van der Waals surface area contributed by atoms with Gasteiger partial charge in [-0.25, -0.2) is 4.68 Å². The molecule has 1 N–H and O–H groups in total. The molecule has 0 radical (unpaired) electrons. The highest BCUT2D eigenvalue weighted by Gasteiger charge is 2.34. The lowest BCUT2D eigenvalue weighted by Gasteiger charge is -2.33. The number of nitrogens with zero attached hydrogens (tertiary/aromatic N) is 5. The molecule has 0 bridgehead atoms. The molecule has 0 saturated heterocycles. The van der Waals surface area contributed by atoms with E-state index in [0.717, 1.165) is 17.5 Å². The maximum Gasteiger partial charge on any atom is 0.249 e. The zero-order chi connectivity index (χ0) is 25.5. The first-order chi connectivity index (χ1) is 17.5. The Balaban J connectivity index is 1.78. The summed E-state index contributed by atoms with van der Waals surface area (Å²) >= 11 is 0. The van der Waals surface area contributed by atoms with E-state index in [-0.39, 0.29) is 18.4 Å². The molecule has 4 rings (SSSR count). The van der Waals surface area contributed by atoms with Crippen LogP contribution in [0.4, 0.5) is 5.69 Å². The van der Waals surface area contributed by atoms with Gasteiger partial charge < -0.3 is 5.32 Å². The van der Waals surface area contributed by atoms with Gasteiger partial charge in [0.25, 0.3) is 0 Å². The molecule has 8 nitrogen and oxygen atoms in total. The number of carbonyl (C=O) groups excluding carboxylic acids is 2. The van der Waals surface area contributed by atoms with Crippen LogP contribution in [0.2, 0.25) is 0 Å². The number of aryl methyl sites for hydroxylation is 1. The molecule has 4 aromatic rings. The lowest BCUT2D eigenvalue weighted by Crippen LogP contribution is -2.46. The third-order valence-corrected chi connectivity index (χ3v) is 6.16. The molecule has 0 aliphatic rings. The molecule has 36 heavy (non-hydrogen) atoms. The van der Waals surface area contributed by atoms with Crippen molar-refractivity contribution in [3.05, 3.63) is 84.2 Å². The largest absolute Gasteiger partial charge is 0.354 e. The summed E-state index contributed by atoms with van der Waals surface area (Å²) in [6.45, 7) is 6.74. The molecule has 0 aliphatic carbocycles. The summed E-state index contributed by atoms with van der Waals surface area (Å²) in [6.07, 6.45) is 4.84. The predicted molar refractivity (Wildman–Crippen MR) is 140 cm³/mol. The van der Waals surface area contributed by atoms with Crippen LogP contribution in [-0.4, -0.2) is 38.3 Å². The van der Waals surface area contributed by atoms with E-state index in [1.165, 1.54) is 0 Å². The molecule has 2 aromatic heterocycles. The number of aromatic nitrogens is 4. The molecule has 0 saturated carbocycles. The number of rotatable bonds is 10. The Bertz CT molecular complexity index is 1320. The number of hydrogen-bond acceptors (Lipinski definition) is 5. The van der Waals surface area contributed by atoms with Crippen molar-refractivity contribution >= 4 is 28.5 Å². The molecular formula is C28H32N6O2. The van der Waals surface area contributed by atoms with Crippen molar-refractivity contribution in [1.82, 2.24) is 25.3 Å². The number of fused-ring (bicyclic) bond motifs is 1. The molecular weight excluding hydrogens is 452 g/mol. The zero-order valence-electron chi connectivity index (χ0n) is 21.0. The van der Waals surface area contributed by atoms with Gasteiger partial charge in [0, 0.05) is 24.6 Å². The number of para-hydroxylation sites is 2. The van der Waals surface area contributed by atoms with E-state index in [2.05, 4.69) is 34.5 Å². The molecule has 8 heteroatoms. The first-order valence-electron chi connectivity index (χ1n) is 12.4. The molecule has 1 unspecified atom stereocenters. The van der Waals surface area contributed by atoms with E-state index in [1.54, 1.807) is 34.1 Å². The van der Waals surface area contributed by atoms with E-state index in [4.69, 9.17) is 0 Å². The Kier molecular flexibility index (Phi) is 8.05. The third kappa shape index (κ3) is 5.59. The van der Waals surface area contributed by atoms with Crippen LogP contribution in [0.5, 0.6) is 0 Å². The molecule has 186 valence electrons. The van der Waals surface area contributed by atoms with Crippen molar-refractivity contribution in [2.24, 2.45) is 5.92 Å². The minimum atomic E-state index is -0.866. The van der Waals surface area contributed by atoms with Gasteiger partial charge in [0.1, 0.15) is 18.1 Å². The van der Waals surface area contributed by atoms with E-state index in [0.29, 0.717) is 35.7 Å². The van der Waals surface area contributed by atoms with Gasteiger partial charge in [0.05, 0.1) is 5.52 Å². The minimum absolute atomic E-state index is 0.0561. The van der Waals surface area contributed by atoms with Crippen LogP contribution in [0.1, 0.15) is 44.4 Å². The van der Waals surface area contributed by atoms with Gasteiger partial charge in [0.2, 0.25) is 11.8 Å². The van der Waals surface area contributed by atoms with Crippen molar-refractivity contribution in [3.63, 3.8) is 0 Å². The van der Waals surface area contributed by atoms with Crippen LogP contribution in [-0.2, 0) is 22.6 Å². The summed E-state index contributed by atoms with van der Waals surface area (Å²) in [7, 11) is 0. The fraction of sp³-hybridized carbons (Fsp3) is 0.321. The van der Waals surface area contributed by atoms with Crippen LogP contribution in [0.25, 0.3) is 11.0 Å². The van der Waals surface area contributed by atoms with E-state index < -0.39 is 6.04 Å². The fourth-order valence-electron chi connectivity index (χ4n) is 4.24. The van der Waals surface area contributed by atoms with E-state index in [1.807, 2.05) is 55.5 Å². The number of anilines is 1. The normalized spacial score (nSPS) is 12.0. The molecule has 0 aliphatic heterocycles. The molecule has 1 atom stereocenters. The number of nitrogens with one attached hydrogen (secondary N) is 1. The lowest BCUT2D eigenvalue weighted by molar-refractivity contribution is -0.127.